The Kier molecular flexibility index (Phi) is 8.29. The van der Waals surface area contributed by atoms with Crippen LogP contribution in [-0.2, 0) is 11.2 Å². The molecular formula is C32H33N5O5. The highest BCUT2D eigenvalue weighted by atomic mass is 16.5. The van der Waals surface area contributed by atoms with Gasteiger partial charge in [0.05, 0.1) is 31.9 Å². The largest absolute Gasteiger partial charge is 0.493 e. The van der Waals surface area contributed by atoms with Crippen LogP contribution in [0.15, 0.2) is 47.5 Å². The Morgan fingerprint density at radius 1 is 1.05 bits per heavy atom. The minimum absolute atomic E-state index is 0.0549. The quantitative estimate of drug-likeness (QED) is 0.247. The van der Waals surface area contributed by atoms with Crippen LogP contribution in [0.2, 0.25) is 0 Å². The number of pyridine rings is 1. The number of hydrogen-bond donors (Lipinski definition) is 2. The zero-order valence-electron chi connectivity index (χ0n) is 23.9. The number of nitrogens with two attached hydrogens (primary N) is 2. The maximum Gasteiger partial charge on any atom is 0.343 e. The monoisotopic (exact) mass is 567 g/mol. The lowest BCUT2D eigenvalue weighted by Crippen LogP contribution is -2.22. The molecule has 2 heterocycles. The van der Waals surface area contributed by atoms with Crippen LogP contribution in [0.5, 0.6) is 11.5 Å². The highest BCUT2D eigenvalue weighted by Crippen LogP contribution is 2.36. The van der Waals surface area contributed by atoms with Crippen LogP contribution in [0.3, 0.4) is 0 Å². The van der Waals surface area contributed by atoms with Crippen molar-refractivity contribution in [3.63, 3.8) is 0 Å². The van der Waals surface area contributed by atoms with Crippen LogP contribution in [0.25, 0.3) is 10.9 Å². The Labute approximate surface area is 243 Å². The number of esters is 1. The lowest BCUT2D eigenvalue weighted by molar-refractivity contribution is 0.0524. The number of fused-ring (bicyclic) bond motifs is 1. The van der Waals surface area contributed by atoms with Crippen molar-refractivity contribution >= 4 is 28.6 Å². The Hall–Kier alpha value is -5.04. The van der Waals surface area contributed by atoms with Gasteiger partial charge in [0.2, 0.25) is 11.4 Å². The molecule has 0 unspecified atom stereocenters. The Balaban J connectivity index is 1.55. The average Bonchev–Trinajstić information content (AvgIpc) is 3.52. The molecule has 5 rings (SSSR count). The van der Waals surface area contributed by atoms with Crippen LogP contribution in [0.1, 0.15) is 71.3 Å². The second-order valence-corrected chi connectivity index (χ2v) is 10.1. The molecule has 2 aromatic carbocycles. The van der Waals surface area contributed by atoms with Gasteiger partial charge in [0.25, 0.3) is 0 Å². The zero-order chi connectivity index (χ0) is 29.8. The van der Waals surface area contributed by atoms with Gasteiger partial charge >= 0.3 is 5.97 Å². The van der Waals surface area contributed by atoms with E-state index in [-0.39, 0.29) is 29.6 Å². The molecule has 0 amide bonds. The molecule has 0 radical (unpaired) electrons. The Morgan fingerprint density at radius 2 is 1.81 bits per heavy atom. The SMILES string of the molecule is CCOC(=O)c1cn(C2CCCC2)c2cc(C#Cc3ccc(Cc4cnc(N)nc4N)c(OC)c3OC)ccc2c1=O. The highest BCUT2D eigenvalue weighted by Gasteiger charge is 2.23. The molecular weight excluding hydrogens is 534 g/mol. The van der Waals surface area contributed by atoms with E-state index in [0.29, 0.717) is 40.3 Å². The molecule has 0 atom stereocenters. The fourth-order valence-corrected chi connectivity index (χ4v) is 5.45. The molecule has 0 bridgehead atoms. The molecule has 1 fully saturated rings. The van der Waals surface area contributed by atoms with Gasteiger partial charge in [-0.25, -0.2) is 9.78 Å². The van der Waals surface area contributed by atoms with Crippen LogP contribution in [0.4, 0.5) is 11.8 Å². The van der Waals surface area contributed by atoms with Crippen molar-refractivity contribution in [2.24, 2.45) is 0 Å². The molecule has 42 heavy (non-hydrogen) atoms. The minimum Gasteiger partial charge on any atom is -0.493 e. The van der Waals surface area contributed by atoms with Gasteiger partial charge in [-0.15, -0.1) is 0 Å². The Bertz CT molecular complexity index is 1780. The van der Waals surface area contributed by atoms with Crippen molar-refractivity contribution < 1.29 is 19.0 Å². The van der Waals surface area contributed by atoms with Crippen molar-refractivity contribution in [2.75, 3.05) is 32.3 Å². The molecule has 2 aromatic heterocycles. The number of aromatic nitrogens is 3. The molecule has 1 aliphatic carbocycles. The van der Waals surface area contributed by atoms with Gasteiger partial charge < -0.3 is 30.2 Å². The third-order valence-electron chi connectivity index (χ3n) is 7.49. The first kappa shape index (κ1) is 28.5. The fourth-order valence-electron chi connectivity index (χ4n) is 5.45. The van der Waals surface area contributed by atoms with Crippen molar-refractivity contribution in [1.29, 1.82) is 0 Å². The van der Waals surface area contributed by atoms with Crippen molar-refractivity contribution in [1.82, 2.24) is 14.5 Å². The summed E-state index contributed by atoms with van der Waals surface area (Å²) in [5.41, 5.74) is 15.0. The highest BCUT2D eigenvalue weighted by molar-refractivity contribution is 5.94. The van der Waals surface area contributed by atoms with E-state index in [0.717, 1.165) is 42.3 Å². The maximum atomic E-state index is 13.3. The number of carbonyl (C=O) groups excluding carboxylic acids is 1. The standard InChI is InChI=1S/C32H33N5O5/c1-4-42-31(39)25-18-37(23-7-5-6-8-23)26-15-19(10-14-24(26)27(25)38)9-11-20-12-13-21(29(41-3)28(20)40-2)16-22-17-35-32(34)36-30(22)33/h10,12-15,17-18,23H,4-8,16H2,1-3H3,(H4,33,34,35,36). The number of nitrogens with zero attached hydrogens (tertiary/aromatic N) is 3. The number of anilines is 2. The summed E-state index contributed by atoms with van der Waals surface area (Å²) >= 11 is 0. The lowest BCUT2D eigenvalue weighted by atomic mass is 10.0. The van der Waals surface area contributed by atoms with E-state index in [1.807, 2.05) is 22.8 Å². The molecule has 1 aliphatic rings. The molecule has 4 N–H and O–H groups in total. The number of carbonyl (C=O) groups is 1. The summed E-state index contributed by atoms with van der Waals surface area (Å²) in [6.07, 6.45) is 7.82. The maximum absolute atomic E-state index is 13.3. The molecule has 216 valence electrons. The van der Waals surface area contributed by atoms with Crippen molar-refractivity contribution in [3.8, 4) is 23.3 Å². The van der Waals surface area contributed by atoms with Gasteiger partial charge in [-0.2, -0.15) is 4.98 Å². The van der Waals surface area contributed by atoms with Gasteiger partial charge in [-0.1, -0.05) is 30.7 Å². The summed E-state index contributed by atoms with van der Waals surface area (Å²) in [6, 6.07) is 9.37. The summed E-state index contributed by atoms with van der Waals surface area (Å²) in [4.78, 5) is 33.9. The van der Waals surface area contributed by atoms with E-state index in [9.17, 15) is 9.59 Å². The predicted molar refractivity (Wildman–Crippen MR) is 161 cm³/mol. The zero-order valence-corrected chi connectivity index (χ0v) is 23.9. The lowest BCUT2D eigenvalue weighted by Gasteiger charge is -2.19. The molecule has 0 saturated heterocycles. The number of rotatable bonds is 7. The van der Waals surface area contributed by atoms with Crippen molar-refractivity contribution in [3.05, 3.63) is 80.8 Å². The number of ether oxygens (including phenoxy) is 3. The fraction of sp³-hybridized carbons (Fsp3) is 0.312. The summed E-state index contributed by atoms with van der Waals surface area (Å²) in [6.45, 7) is 1.93. The summed E-state index contributed by atoms with van der Waals surface area (Å²) in [5.74, 6) is 7.23. The van der Waals surface area contributed by atoms with E-state index >= 15 is 0 Å². The summed E-state index contributed by atoms with van der Waals surface area (Å²) in [5, 5.41) is 0.465. The predicted octanol–water partition coefficient (Wildman–Crippen LogP) is 4.26. The molecule has 0 aliphatic heterocycles. The molecule has 1 saturated carbocycles. The van der Waals surface area contributed by atoms with Gasteiger partial charge in [0, 0.05) is 46.9 Å². The number of hydrogen-bond acceptors (Lipinski definition) is 9. The van der Waals surface area contributed by atoms with Crippen molar-refractivity contribution in [2.45, 2.75) is 45.1 Å². The number of methoxy groups -OCH3 is 2. The third kappa shape index (κ3) is 5.59. The van der Waals surface area contributed by atoms with Crippen LogP contribution < -0.4 is 26.4 Å². The van der Waals surface area contributed by atoms with Gasteiger partial charge in [0.15, 0.2) is 11.5 Å². The molecule has 4 aromatic rings. The molecule has 0 spiro atoms. The normalized spacial score (nSPS) is 13.0. The second-order valence-electron chi connectivity index (χ2n) is 10.1. The molecule has 10 heteroatoms. The first-order valence-electron chi connectivity index (χ1n) is 13.8. The first-order chi connectivity index (χ1) is 20.3. The average molecular weight is 568 g/mol. The van der Waals surface area contributed by atoms with Crippen LogP contribution in [-0.4, -0.2) is 41.3 Å². The van der Waals surface area contributed by atoms with E-state index in [2.05, 4.69) is 21.8 Å². The van der Waals surface area contributed by atoms with Crippen LogP contribution in [0, 0.1) is 11.8 Å². The minimum atomic E-state index is -0.601. The summed E-state index contributed by atoms with van der Waals surface area (Å²) in [7, 11) is 3.13. The molecule has 10 nitrogen and oxygen atoms in total. The summed E-state index contributed by atoms with van der Waals surface area (Å²) < 4.78 is 18.6. The van der Waals surface area contributed by atoms with Crippen LogP contribution >= 0.6 is 0 Å². The van der Waals surface area contributed by atoms with E-state index < -0.39 is 5.97 Å². The van der Waals surface area contributed by atoms with E-state index in [4.69, 9.17) is 25.7 Å². The topological polar surface area (TPSA) is 145 Å². The second kappa shape index (κ2) is 12.2. The Morgan fingerprint density at radius 3 is 2.50 bits per heavy atom. The van der Waals surface area contributed by atoms with E-state index in [1.54, 1.807) is 45.7 Å². The smallest absolute Gasteiger partial charge is 0.343 e. The number of benzene rings is 2. The first-order valence-corrected chi connectivity index (χ1v) is 13.8. The van der Waals surface area contributed by atoms with Gasteiger partial charge in [-0.3, -0.25) is 4.79 Å². The van der Waals surface area contributed by atoms with Gasteiger partial charge in [-0.05, 0) is 44.0 Å². The number of nitrogen functional groups attached to an aromatic ring is 2. The van der Waals surface area contributed by atoms with Gasteiger partial charge in [0.1, 0.15) is 11.4 Å². The third-order valence-corrected chi connectivity index (χ3v) is 7.49. The van der Waals surface area contributed by atoms with E-state index in [1.165, 1.54) is 0 Å².